The molecule has 0 fully saturated rings. The zero-order chi connectivity index (χ0) is 10.8. The van der Waals surface area contributed by atoms with Gasteiger partial charge in [-0.25, -0.2) is 22.0 Å². The number of primary sulfonamides is 1. The Hall–Kier alpha value is -1.12. The van der Waals surface area contributed by atoms with Crippen molar-refractivity contribution in [2.45, 2.75) is 4.90 Å². The molecule has 0 heterocycles. The Morgan fingerprint density at radius 2 is 1.64 bits per heavy atom. The lowest BCUT2D eigenvalue weighted by Crippen LogP contribution is -2.11. The highest BCUT2D eigenvalue weighted by atomic mass is 32.2. The zero-order valence-corrected chi connectivity index (χ0v) is 8.59. The number of thiol groups is 1. The molecular weight excluding hydrogens is 228 g/mol. The lowest BCUT2D eigenvalue weighted by Gasteiger charge is -2.00. The van der Waals surface area contributed by atoms with Gasteiger partial charge in [-0.05, 0) is 24.3 Å². The molecule has 3 N–H and O–H groups in total. The second kappa shape index (κ2) is 3.95. The number of nitrogens with one attached hydrogen (secondary N) is 1. The van der Waals surface area contributed by atoms with E-state index in [0.717, 1.165) is 0 Å². The molecule has 0 atom stereocenters. The van der Waals surface area contributed by atoms with Crippen molar-refractivity contribution in [2.75, 3.05) is 4.72 Å². The maximum Gasteiger partial charge on any atom is 0.238 e. The van der Waals surface area contributed by atoms with Gasteiger partial charge in [-0.1, -0.05) is 0 Å². The van der Waals surface area contributed by atoms with E-state index < -0.39 is 20.9 Å². The molecule has 0 bridgehead atoms. The number of hydrogen-bond donors (Lipinski definition) is 3. The van der Waals surface area contributed by atoms with Crippen molar-refractivity contribution in [3.8, 4) is 0 Å². The van der Waals surface area contributed by atoms with Gasteiger partial charge in [-0.2, -0.15) is 0 Å². The highest BCUT2D eigenvalue weighted by Crippen LogP contribution is 2.12. The van der Waals surface area contributed by atoms with E-state index in [1.807, 2.05) is 0 Å². The number of hydrogen-bond acceptors (Lipinski definition) is 4. The quantitative estimate of drug-likeness (QED) is 0.601. The Kier molecular flexibility index (Phi) is 3.09. The number of rotatable bonds is 3. The van der Waals surface area contributed by atoms with Crippen molar-refractivity contribution in [3.63, 3.8) is 0 Å². The van der Waals surface area contributed by atoms with Crippen LogP contribution in [0.25, 0.3) is 0 Å². The van der Waals surface area contributed by atoms with Crippen LogP contribution in [0.3, 0.4) is 0 Å². The first-order valence-electron chi connectivity index (χ1n) is 3.43. The van der Waals surface area contributed by atoms with Crippen LogP contribution < -0.4 is 9.86 Å². The molecule has 0 amide bonds. The summed E-state index contributed by atoms with van der Waals surface area (Å²) in [6, 6.07) is 5.06. The summed E-state index contributed by atoms with van der Waals surface area (Å²) in [6.45, 7) is 0. The van der Waals surface area contributed by atoms with Crippen LogP contribution in [0, 0.1) is 0 Å². The van der Waals surface area contributed by atoms with Crippen molar-refractivity contribution in [3.05, 3.63) is 24.3 Å². The summed E-state index contributed by atoms with van der Waals surface area (Å²) in [7, 11) is -6.47. The molecule has 0 aromatic heterocycles. The highest BCUT2D eigenvalue weighted by molar-refractivity contribution is 7.89. The van der Waals surface area contributed by atoms with Gasteiger partial charge in [0.25, 0.3) is 0 Å². The molecule has 14 heavy (non-hydrogen) atoms. The normalized spacial score (nSPS) is 11.6. The lowest BCUT2D eigenvalue weighted by molar-refractivity contribution is 0.598. The van der Waals surface area contributed by atoms with Gasteiger partial charge in [0.2, 0.25) is 20.9 Å². The van der Waals surface area contributed by atoms with E-state index in [0.29, 0.717) is 0 Å². The number of anilines is 1. The fourth-order valence-electron chi connectivity index (χ4n) is 0.825. The van der Waals surface area contributed by atoms with E-state index >= 15 is 0 Å². The predicted molar refractivity (Wildman–Crippen MR) is 51.8 cm³/mol. The topological polar surface area (TPSA) is 106 Å². The molecule has 8 heteroatoms. The number of benzene rings is 1. The van der Waals surface area contributed by atoms with Gasteiger partial charge < -0.3 is 0 Å². The molecule has 0 aliphatic carbocycles. The van der Waals surface area contributed by atoms with Crippen LogP contribution in [0.4, 0.5) is 5.69 Å². The van der Waals surface area contributed by atoms with E-state index in [9.17, 15) is 16.8 Å². The molecule has 0 radical (unpaired) electrons. The van der Waals surface area contributed by atoms with E-state index in [4.69, 9.17) is 5.14 Å². The van der Waals surface area contributed by atoms with Crippen LogP contribution in [0.1, 0.15) is 0 Å². The molecule has 0 saturated heterocycles. The highest BCUT2D eigenvalue weighted by Gasteiger charge is 2.06. The molecule has 0 saturated carbocycles. The van der Waals surface area contributed by atoms with Gasteiger partial charge in [0.1, 0.15) is 0 Å². The fourth-order valence-corrected chi connectivity index (χ4v) is 1.70. The fraction of sp³-hybridized carbons (Fsp3) is 0. The standard InChI is InChI=1S/C6H8N2O4S2/c7-14(11,12)6-3-1-5(2-4-6)8-13(9)10/h1-4,13H,(H2,7,11,12)(H,8,9,10). The van der Waals surface area contributed by atoms with Crippen molar-refractivity contribution in [1.82, 2.24) is 0 Å². The SMILES string of the molecule is NS(=O)(=O)c1ccc(N[SH](=O)=O)cc1. The first-order valence-corrected chi connectivity index (χ1v) is 6.16. The number of sulfonamides is 1. The average molecular weight is 236 g/mol. The second-order valence-electron chi connectivity index (χ2n) is 2.44. The Morgan fingerprint density at radius 3 is 2.00 bits per heavy atom. The van der Waals surface area contributed by atoms with Crippen molar-refractivity contribution < 1.29 is 16.8 Å². The molecule has 0 unspecified atom stereocenters. The van der Waals surface area contributed by atoms with E-state index in [1.165, 1.54) is 24.3 Å². The first-order chi connectivity index (χ1) is 6.39. The summed E-state index contributed by atoms with van der Waals surface area (Å²) in [5.41, 5.74) is 0.286. The van der Waals surface area contributed by atoms with E-state index in [-0.39, 0.29) is 10.6 Å². The maximum atomic E-state index is 10.8. The van der Waals surface area contributed by atoms with Crippen LogP contribution in [-0.4, -0.2) is 16.8 Å². The van der Waals surface area contributed by atoms with Gasteiger partial charge in [0, 0.05) is 5.69 Å². The molecule has 1 rings (SSSR count). The van der Waals surface area contributed by atoms with E-state index in [1.54, 1.807) is 0 Å². The molecular formula is C6H8N2O4S2. The van der Waals surface area contributed by atoms with Crippen LogP contribution >= 0.6 is 0 Å². The minimum atomic E-state index is -3.73. The third-order valence-electron chi connectivity index (χ3n) is 1.40. The summed E-state index contributed by atoms with van der Waals surface area (Å²) in [6.07, 6.45) is 0. The van der Waals surface area contributed by atoms with Crippen molar-refractivity contribution >= 4 is 26.6 Å². The van der Waals surface area contributed by atoms with Crippen LogP contribution in [-0.2, 0) is 20.9 Å². The molecule has 1 aromatic carbocycles. The van der Waals surface area contributed by atoms with Crippen molar-refractivity contribution in [1.29, 1.82) is 0 Å². The van der Waals surface area contributed by atoms with Gasteiger partial charge >= 0.3 is 0 Å². The predicted octanol–water partition coefficient (Wildman–Crippen LogP) is -0.728. The van der Waals surface area contributed by atoms with Gasteiger partial charge in [-0.15, -0.1) is 0 Å². The summed E-state index contributed by atoms with van der Waals surface area (Å²) < 4.78 is 44.2. The zero-order valence-electron chi connectivity index (χ0n) is 6.88. The van der Waals surface area contributed by atoms with Crippen LogP contribution in [0.15, 0.2) is 29.2 Å². The third kappa shape index (κ3) is 2.98. The Bertz CT molecular complexity index is 481. The van der Waals surface area contributed by atoms with Gasteiger partial charge in [0.05, 0.1) is 4.90 Å². The molecule has 78 valence electrons. The second-order valence-corrected chi connectivity index (χ2v) is 4.74. The first kappa shape index (κ1) is 11.0. The minimum Gasteiger partial charge on any atom is -0.286 e. The third-order valence-corrected chi connectivity index (χ3v) is 2.77. The van der Waals surface area contributed by atoms with Crippen LogP contribution in [0.5, 0.6) is 0 Å². The summed E-state index contributed by atoms with van der Waals surface area (Å²) in [5.74, 6) is 0. The molecule has 6 nitrogen and oxygen atoms in total. The van der Waals surface area contributed by atoms with Crippen LogP contribution in [0.2, 0.25) is 0 Å². The van der Waals surface area contributed by atoms with Gasteiger partial charge in [0.15, 0.2) is 0 Å². The lowest BCUT2D eigenvalue weighted by atomic mass is 10.3. The molecule has 0 aliphatic rings. The minimum absolute atomic E-state index is 0.0656. The summed E-state index contributed by atoms with van der Waals surface area (Å²) in [5, 5.41) is 4.84. The van der Waals surface area contributed by atoms with Crippen molar-refractivity contribution in [2.24, 2.45) is 5.14 Å². The van der Waals surface area contributed by atoms with Gasteiger partial charge in [-0.3, -0.25) is 4.72 Å². The maximum absolute atomic E-state index is 10.8. The largest absolute Gasteiger partial charge is 0.286 e. The Labute approximate surface area is 82.9 Å². The smallest absolute Gasteiger partial charge is 0.238 e. The van der Waals surface area contributed by atoms with E-state index in [2.05, 4.69) is 4.72 Å². The molecule has 1 aromatic rings. The Morgan fingerprint density at radius 1 is 1.14 bits per heavy atom. The Balaban J connectivity index is 3.01. The molecule has 0 aliphatic heterocycles. The average Bonchev–Trinajstić information content (AvgIpc) is 2.02. The summed E-state index contributed by atoms with van der Waals surface area (Å²) in [4.78, 5) is -0.0656. The number of nitrogens with two attached hydrogens (primary N) is 1. The monoisotopic (exact) mass is 236 g/mol. The molecule has 0 spiro atoms. The summed E-state index contributed by atoms with van der Waals surface area (Å²) >= 11 is 0.